The van der Waals surface area contributed by atoms with Crippen LogP contribution in [0.3, 0.4) is 0 Å². The highest BCUT2D eigenvalue weighted by molar-refractivity contribution is 6.01. The van der Waals surface area contributed by atoms with Crippen LogP contribution in [0.2, 0.25) is 0 Å². The molecule has 0 bridgehead atoms. The zero-order chi connectivity index (χ0) is 15.5. The van der Waals surface area contributed by atoms with Crippen LogP contribution in [0.5, 0.6) is 0 Å². The van der Waals surface area contributed by atoms with Gasteiger partial charge in [-0.2, -0.15) is 0 Å². The third kappa shape index (κ3) is 3.51. The van der Waals surface area contributed by atoms with Gasteiger partial charge in [0.1, 0.15) is 0 Å². The summed E-state index contributed by atoms with van der Waals surface area (Å²) in [5.41, 5.74) is -2.88. The lowest BCUT2D eigenvalue weighted by molar-refractivity contribution is -0.202. The number of rotatable bonds is 6. The number of imide groups is 1. The van der Waals surface area contributed by atoms with Gasteiger partial charge in [-0.3, -0.25) is 14.4 Å². The van der Waals surface area contributed by atoms with Crippen molar-refractivity contribution in [1.29, 1.82) is 0 Å². The zero-order valence-electron chi connectivity index (χ0n) is 10.1. The van der Waals surface area contributed by atoms with Crippen LogP contribution in [-0.2, 0) is 28.8 Å². The van der Waals surface area contributed by atoms with Gasteiger partial charge in [-0.1, -0.05) is 0 Å². The number of hydroxylamine groups is 2. The summed E-state index contributed by atoms with van der Waals surface area (Å²) < 4.78 is 0. The minimum Gasteiger partial charge on any atom is -0.481 e. The molecule has 1 heterocycles. The number of carboxylic acids is 2. The summed E-state index contributed by atoms with van der Waals surface area (Å²) >= 11 is 0. The molecule has 0 saturated carbocycles. The molecule has 0 spiro atoms. The second-order valence-corrected chi connectivity index (χ2v) is 4.13. The summed E-state index contributed by atoms with van der Waals surface area (Å²) in [5.74, 6) is -6.53. The minimum absolute atomic E-state index is 0.148. The number of amides is 2. The minimum atomic E-state index is -2.88. The Labute approximate surface area is 111 Å². The van der Waals surface area contributed by atoms with Crippen LogP contribution in [-0.4, -0.2) is 55.7 Å². The topological polar surface area (TPSA) is 159 Å². The molecule has 0 aromatic heterocycles. The first-order valence-corrected chi connectivity index (χ1v) is 5.40. The Bertz CT molecular complexity index is 469. The summed E-state index contributed by atoms with van der Waals surface area (Å²) in [6, 6.07) is 0. The Morgan fingerprint density at radius 2 is 1.60 bits per heavy atom. The number of carbonyl (C=O) groups excluding carboxylic acids is 3. The van der Waals surface area contributed by atoms with Crippen LogP contribution in [0.25, 0.3) is 0 Å². The third-order valence-electron chi connectivity index (χ3n) is 2.48. The molecule has 0 aromatic carbocycles. The van der Waals surface area contributed by atoms with E-state index in [-0.39, 0.29) is 17.9 Å². The highest BCUT2D eigenvalue weighted by Gasteiger charge is 2.43. The SMILES string of the molecule is O=C(O)CC(O)(CC(=O)ON1C(=O)CCC1=O)C(=O)O. The first kappa shape index (κ1) is 15.6. The van der Waals surface area contributed by atoms with Gasteiger partial charge >= 0.3 is 17.9 Å². The normalized spacial score (nSPS) is 17.8. The Kier molecular flexibility index (Phi) is 4.40. The second-order valence-electron chi connectivity index (χ2n) is 4.13. The molecule has 1 unspecified atom stereocenters. The van der Waals surface area contributed by atoms with Crippen LogP contribution < -0.4 is 0 Å². The molecule has 1 aliphatic heterocycles. The average molecular weight is 289 g/mol. The first-order chi connectivity index (χ1) is 9.15. The Morgan fingerprint density at radius 1 is 1.10 bits per heavy atom. The van der Waals surface area contributed by atoms with Crippen LogP contribution in [0.1, 0.15) is 25.7 Å². The number of carboxylic acid groups (broad SMARTS) is 2. The maximum absolute atomic E-state index is 11.4. The van der Waals surface area contributed by atoms with Gasteiger partial charge in [0, 0.05) is 12.8 Å². The van der Waals surface area contributed by atoms with Gasteiger partial charge in [0.2, 0.25) is 0 Å². The molecule has 1 atom stereocenters. The van der Waals surface area contributed by atoms with Crippen molar-refractivity contribution >= 4 is 29.7 Å². The molecule has 0 aliphatic carbocycles. The van der Waals surface area contributed by atoms with Crippen molar-refractivity contribution in [3.05, 3.63) is 0 Å². The van der Waals surface area contributed by atoms with E-state index in [1.54, 1.807) is 0 Å². The van der Waals surface area contributed by atoms with Crippen molar-refractivity contribution in [3.8, 4) is 0 Å². The van der Waals surface area contributed by atoms with E-state index >= 15 is 0 Å². The summed E-state index contributed by atoms with van der Waals surface area (Å²) in [6.45, 7) is 0. The number of hydrogen-bond donors (Lipinski definition) is 3. The zero-order valence-corrected chi connectivity index (χ0v) is 10.1. The highest BCUT2D eigenvalue weighted by atomic mass is 16.7. The molecule has 2 amide bonds. The lowest BCUT2D eigenvalue weighted by Crippen LogP contribution is -2.44. The van der Waals surface area contributed by atoms with Gasteiger partial charge in [0.15, 0.2) is 5.60 Å². The smallest absolute Gasteiger partial charge is 0.336 e. The Morgan fingerprint density at radius 3 is 2.00 bits per heavy atom. The molecular weight excluding hydrogens is 278 g/mol. The number of aliphatic hydroxyl groups is 1. The number of aliphatic carboxylic acids is 2. The van der Waals surface area contributed by atoms with E-state index in [0.29, 0.717) is 0 Å². The van der Waals surface area contributed by atoms with E-state index in [1.165, 1.54) is 0 Å². The van der Waals surface area contributed by atoms with Crippen LogP contribution in [0.4, 0.5) is 0 Å². The average Bonchev–Trinajstić information content (AvgIpc) is 2.59. The maximum atomic E-state index is 11.4. The fourth-order valence-electron chi connectivity index (χ4n) is 1.49. The maximum Gasteiger partial charge on any atom is 0.336 e. The third-order valence-corrected chi connectivity index (χ3v) is 2.48. The van der Waals surface area contributed by atoms with Crippen LogP contribution in [0.15, 0.2) is 0 Å². The van der Waals surface area contributed by atoms with Gasteiger partial charge in [-0.25, -0.2) is 9.59 Å². The lowest BCUT2D eigenvalue weighted by atomic mass is 9.96. The lowest BCUT2D eigenvalue weighted by Gasteiger charge is -2.21. The summed E-state index contributed by atoms with van der Waals surface area (Å²) in [6.07, 6.45) is -2.75. The first-order valence-electron chi connectivity index (χ1n) is 5.40. The van der Waals surface area contributed by atoms with Crippen molar-refractivity contribution in [1.82, 2.24) is 5.06 Å². The van der Waals surface area contributed by atoms with Gasteiger partial charge in [-0.15, -0.1) is 5.06 Å². The number of carbonyl (C=O) groups is 5. The van der Waals surface area contributed by atoms with Gasteiger partial charge in [0.05, 0.1) is 12.8 Å². The quantitative estimate of drug-likeness (QED) is 0.483. The molecule has 10 nitrogen and oxygen atoms in total. The molecule has 0 radical (unpaired) electrons. The summed E-state index contributed by atoms with van der Waals surface area (Å²) in [7, 11) is 0. The molecule has 1 fully saturated rings. The molecule has 1 aliphatic rings. The van der Waals surface area contributed by atoms with Crippen molar-refractivity contribution in [3.63, 3.8) is 0 Å². The molecule has 20 heavy (non-hydrogen) atoms. The van der Waals surface area contributed by atoms with Gasteiger partial charge in [-0.05, 0) is 0 Å². The van der Waals surface area contributed by atoms with E-state index in [0.717, 1.165) is 0 Å². The van der Waals surface area contributed by atoms with E-state index < -0.39 is 48.2 Å². The highest BCUT2D eigenvalue weighted by Crippen LogP contribution is 2.19. The van der Waals surface area contributed by atoms with E-state index in [1.807, 2.05) is 0 Å². The molecule has 1 saturated heterocycles. The van der Waals surface area contributed by atoms with Crippen LogP contribution >= 0.6 is 0 Å². The van der Waals surface area contributed by atoms with Crippen molar-refractivity contribution in [2.24, 2.45) is 0 Å². The van der Waals surface area contributed by atoms with Crippen molar-refractivity contribution < 1.29 is 44.1 Å². The van der Waals surface area contributed by atoms with Crippen molar-refractivity contribution in [2.75, 3.05) is 0 Å². The Balaban J connectivity index is 2.72. The predicted octanol–water partition coefficient (Wildman–Crippen LogP) is -1.73. The molecule has 10 heteroatoms. The number of hydrogen-bond acceptors (Lipinski definition) is 7. The number of nitrogens with zero attached hydrogens (tertiary/aromatic N) is 1. The molecule has 0 aromatic rings. The standard InChI is InChI=1S/C10H11NO9/c12-5-1-2-6(13)11(5)20-8(16)4-10(19,9(17)18)3-7(14)15/h19H,1-4H2,(H,14,15)(H,17,18). The molecular formula is C10H11NO9. The molecule has 110 valence electrons. The monoisotopic (exact) mass is 289 g/mol. The van der Waals surface area contributed by atoms with Gasteiger partial charge in [0.25, 0.3) is 11.8 Å². The summed E-state index contributed by atoms with van der Waals surface area (Å²) in [4.78, 5) is 59.3. The molecule has 1 rings (SSSR count). The van der Waals surface area contributed by atoms with E-state index in [2.05, 4.69) is 4.84 Å². The van der Waals surface area contributed by atoms with E-state index in [9.17, 15) is 29.1 Å². The fraction of sp³-hybridized carbons (Fsp3) is 0.500. The van der Waals surface area contributed by atoms with E-state index in [4.69, 9.17) is 10.2 Å². The van der Waals surface area contributed by atoms with Gasteiger partial charge < -0.3 is 20.2 Å². The summed E-state index contributed by atoms with van der Waals surface area (Å²) in [5, 5.41) is 26.9. The fourth-order valence-corrected chi connectivity index (χ4v) is 1.49. The Hall–Kier alpha value is -2.49. The molecule has 3 N–H and O–H groups in total. The second kappa shape index (κ2) is 5.65. The predicted molar refractivity (Wildman–Crippen MR) is 56.6 cm³/mol. The van der Waals surface area contributed by atoms with Crippen LogP contribution in [0, 0.1) is 0 Å². The largest absolute Gasteiger partial charge is 0.481 e. The van der Waals surface area contributed by atoms with Crippen molar-refractivity contribution in [2.45, 2.75) is 31.3 Å².